The monoisotopic (exact) mass is 595 g/mol. The van der Waals surface area contributed by atoms with Gasteiger partial charge >= 0.3 is 10.1 Å². The fourth-order valence-corrected chi connectivity index (χ4v) is 5.74. The number of halogens is 2. The molecule has 1 fully saturated rings. The van der Waals surface area contributed by atoms with Gasteiger partial charge in [0.15, 0.2) is 15.8 Å². The molecule has 1 aliphatic rings. The van der Waals surface area contributed by atoms with E-state index in [2.05, 4.69) is 15.9 Å². The van der Waals surface area contributed by atoms with Crippen molar-refractivity contribution in [2.24, 2.45) is 0 Å². The van der Waals surface area contributed by atoms with Crippen LogP contribution in [0.15, 0.2) is 81.0 Å². The number of hydrogen-bond acceptors (Lipinski definition) is 7. The molecule has 11 heteroatoms. The standard InChI is InChI=1S/C23H15BrClNO5S3/c1-30-20-11-14(7-10-19(20)31-34(28,29)16-5-3-2-4-6-16)12-21-22(27)26(23(32)33-21)15-8-9-17(24)18(25)13-15/h2-13H,1H3/b21-12-. The summed E-state index contributed by atoms with van der Waals surface area (Å²) in [7, 11) is -2.63. The molecule has 0 aromatic heterocycles. The van der Waals surface area contributed by atoms with Crippen molar-refractivity contribution in [1.82, 2.24) is 0 Å². The lowest BCUT2D eigenvalue weighted by Crippen LogP contribution is -2.27. The van der Waals surface area contributed by atoms with Crippen LogP contribution in [0.25, 0.3) is 6.08 Å². The lowest BCUT2D eigenvalue weighted by Gasteiger charge is -2.15. The molecular weight excluding hydrogens is 582 g/mol. The number of carbonyl (C=O) groups is 1. The van der Waals surface area contributed by atoms with Crippen LogP contribution in [0.3, 0.4) is 0 Å². The molecule has 0 spiro atoms. The van der Waals surface area contributed by atoms with Crippen LogP contribution < -0.4 is 13.8 Å². The number of thioether (sulfide) groups is 1. The van der Waals surface area contributed by atoms with Crippen LogP contribution in [0.2, 0.25) is 5.02 Å². The molecule has 0 bridgehead atoms. The number of anilines is 1. The fourth-order valence-electron chi connectivity index (χ4n) is 3.06. The second-order valence-electron chi connectivity index (χ2n) is 6.88. The first-order valence-electron chi connectivity index (χ1n) is 9.60. The number of ether oxygens (including phenoxy) is 1. The number of hydrogen-bond donors (Lipinski definition) is 0. The Kier molecular flexibility index (Phi) is 7.34. The van der Waals surface area contributed by atoms with Gasteiger partial charge in [-0.1, -0.05) is 59.8 Å². The summed E-state index contributed by atoms with van der Waals surface area (Å²) in [5, 5.41) is 0.460. The normalized spacial score (nSPS) is 15.1. The SMILES string of the molecule is COc1cc(/C=C2\SC(=S)N(c3ccc(Br)c(Cl)c3)C2=O)ccc1OS(=O)(=O)c1ccccc1. The van der Waals surface area contributed by atoms with Crippen molar-refractivity contribution >= 4 is 83.6 Å². The van der Waals surface area contributed by atoms with Gasteiger partial charge in [-0.2, -0.15) is 8.42 Å². The molecule has 0 unspecified atom stereocenters. The van der Waals surface area contributed by atoms with Crippen LogP contribution in [0.1, 0.15) is 5.56 Å². The Bertz CT molecular complexity index is 1430. The number of amides is 1. The van der Waals surface area contributed by atoms with Crippen molar-refractivity contribution in [3.63, 3.8) is 0 Å². The van der Waals surface area contributed by atoms with Gasteiger partial charge in [0.2, 0.25) is 0 Å². The Morgan fingerprint density at radius 2 is 1.79 bits per heavy atom. The molecule has 3 aromatic carbocycles. The van der Waals surface area contributed by atoms with Gasteiger partial charge in [-0.05, 0) is 70.0 Å². The third kappa shape index (κ3) is 5.16. The molecule has 3 aromatic rings. The van der Waals surface area contributed by atoms with E-state index in [1.165, 1.54) is 30.2 Å². The largest absolute Gasteiger partial charge is 0.493 e. The zero-order valence-corrected chi connectivity index (χ0v) is 22.2. The van der Waals surface area contributed by atoms with Crippen molar-refractivity contribution in [3.05, 3.63) is 86.7 Å². The summed E-state index contributed by atoms with van der Waals surface area (Å²) in [5.74, 6) is -0.0664. The van der Waals surface area contributed by atoms with Gasteiger partial charge in [-0.25, -0.2) is 0 Å². The van der Waals surface area contributed by atoms with E-state index in [0.717, 1.165) is 11.8 Å². The highest BCUT2D eigenvalue weighted by Crippen LogP contribution is 2.39. The average molecular weight is 597 g/mol. The van der Waals surface area contributed by atoms with E-state index in [4.69, 9.17) is 32.7 Å². The highest BCUT2D eigenvalue weighted by Gasteiger charge is 2.33. The van der Waals surface area contributed by atoms with Crippen molar-refractivity contribution in [3.8, 4) is 11.5 Å². The van der Waals surface area contributed by atoms with E-state index in [1.54, 1.807) is 54.6 Å². The molecule has 174 valence electrons. The Balaban J connectivity index is 1.60. The average Bonchev–Trinajstić information content (AvgIpc) is 3.09. The quantitative estimate of drug-likeness (QED) is 0.188. The molecule has 4 rings (SSSR count). The zero-order chi connectivity index (χ0) is 24.5. The molecule has 0 radical (unpaired) electrons. The minimum Gasteiger partial charge on any atom is -0.493 e. The molecule has 0 saturated carbocycles. The van der Waals surface area contributed by atoms with E-state index in [9.17, 15) is 13.2 Å². The summed E-state index contributed by atoms with van der Waals surface area (Å²) < 4.78 is 36.8. The second kappa shape index (κ2) is 10.1. The smallest absolute Gasteiger partial charge is 0.339 e. The molecule has 0 aliphatic carbocycles. The Hall–Kier alpha value is -2.37. The zero-order valence-electron chi connectivity index (χ0n) is 17.4. The Morgan fingerprint density at radius 3 is 2.47 bits per heavy atom. The van der Waals surface area contributed by atoms with Gasteiger partial charge < -0.3 is 8.92 Å². The highest BCUT2D eigenvalue weighted by molar-refractivity contribution is 9.10. The summed E-state index contributed by atoms with van der Waals surface area (Å²) >= 11 is 16.1. The van der Waals surface area contributed by atoms with Crippen LogP contribution in [-0.2, 0) is 14.9 Å². The predicted octanol–water partition coefficient (Wildman–Crippen LogP) is 6.28. The molecule has 1 heterocycles. The molecule has 0 N–H and O–H groups in total. The predicted molar refractivity (Wildman–Crippen MR) is 142 cm³/mol. The maximum absolute atomic E-state index is 13.0. The maximum atomic E-state index is 13.0. The van der Waals surface area contributed by atoms with Gasteiger partial charge in [0.05, 0.1) is 22.7 Å². The minimum atomic E-state index is -4.03. The topological polar surface area (TPSA) is 72.9 Å². The van der Waals surface area contributed by atoms with E-state index >= 15 is 0 Å². The van der Waals surface area contributed by atoms with E-state index in [0.29, 0.717) is 30.0 Å². The van der Waals surface area contributed by atoms with Gasteiger partial charge in [0.1, 0.15) is 4.90 Å². The van der Waals surface area contributed by atoms with Gasteiger partial charge in [0, 0.05) is 4.47 Å². The first-order chi connectivity index (χ1) is 16.2. The second-order valence-corrected chi connectivity index (χ2v) is 11.4. The molecule has 1 amide bonds. The van der Waals surface area contributed by atoms with Gasteiger partial charge in [-0.15, -0.1) is 0 Å². The number of carbonyl (C=O) groups excluding carboxylic acids is 1. The molecule has 1 saturated heterocycles. The van der Waals surface area contributed by atoms with Crippen molar-refractivity contribution < 1.29 is 22.1 Å². The van der Waals surface area contributed by atoms with Gasteiger partial charge in [-0.3, -0.25) is 9.69 Å². The molecule has 1 aliphatic heterocycles. The van der Waals surface area contributed by atoms with E-state index < -0.39 is 10.1 Å². The lowest BCUT2D eigenvalue weighted by molar-refractivity contribution is -0.113. The number of nitrogens with zero attached hydrogens (tertiary/aromatic N) is 1. The van der Waals surface area contributed by atoms with Crippen molar-refractivity contribution in [1.29, 1.82) is 0 Å². The third-order valence-electron chi connectivity index (χ3n) is 4.67. The molecule has 6 nitrogen and oxygen atoms in total. The van der Waals surface area contributed by atoms with Gasteiger partial charge in [0.25, 0.3) is 5.91 Å². The summed E-state index contributed by atoms with van der Waals surface area (Å²) in [4.78, 5) is 14.9. The highest BCUT2D eigenvalue weighted by atomic mass is 79.9. The summed E-state index contributed by atoms with van der Waals surface area (Å²) in [6.07, 6.45) is 1.65. The number of rotatable bonds is 6. The van der Waals surface area contributed by atoms with Crippen LogP contribution in [0, 0.1) is 0 Å². The molecule has 34 heavy (non-hydrogen) atoms. The van der Waals surface area contributed by atoms with Crippen molar-refractivity contribution in [2.75, 3.05) is 12.0 Å². The summed E-state index contributed by atoms with van der Waals surface area (Å²) in [5.41, 5.74) is 1.17. The summed E-state index contributed by atoms with van der Waals surface area (Å²) in [6.45, 7) is 0. The minimum absolute atomic E-state index is 0.0258. The fraction of sp³-hybridized carbons (Fsp3) is 0.0435. The molecule has 0 atom stereocenters. The Labute approximate surface area is 219 Å². The first kappa shape index (κ1) is 24.7. The van der Waals surface area contributed by atoms with Crippen LogP contribution in [-0.4, -0.2) is 25.8 Å². The Morgan fingerprint density at radius 1 is 1.06 bits per heavy atom. The lowest BCUT2D eigenvalue weighted by atomic mass is 10.2. The van der Waals surface area contributed by atoms with E-state index in [1.807, 2.05) is 0 Å². The number of methoxy groups -OCH3 is 1. The molecular formula is C23H15BrClNO5S3. The van der Waals surface area contributed by atoms with Crippen LogP contribution in [0.5, 0.6) is 11.5 Å². The summed E-state index contributed by atoms with van der Waals surface area (Å²) in [6, 6.07) is 17.6. The van der Waals surface area contributed by atoms with Crippen molar-refractivity contribution in [2.45, 2.75) is 4.90 Å². The maximum Gasteiger partial charge on any atom is 0.339 e. The first-order valence-corrected chi connectivity index (χ1v) is 13.4. The number of benzene rings is 3. The van der Waals surface area contributed by atoms with Crippen LogP contribution >= 0.6 is 51.5 Å². The number of thiocarbonyl (C=S) groups is 1. The third-order valence-corrected chi connectivity index (χ3v) is 8.46. The van der Waals surface area contributed by atoms with E-state index in [-0.39, 0.29) is 22.3 Å². The van der Waals surface area contributed by atoms with Crippen LogP contribution in [0.4, 0.5) is 5.69 Å².